The zero-order valence-corrected chi connectivity index (χ0v) is 18.3. The topological polar surface area (TPSA) is 120 Å². The number of rotatable bonds is 12. The van der Waals surface area contributed by atoms with E-state index in [2.05, 4.69) is 10.0 Å². The summed E-state index contributed by atoms with van der Waals surface area (Å²) in [5.74, 6) is 0.197. The van der Waals surface area contributed by atoms with Gasteiger partial charge in [-0.05, 0) is 38.3 Å². The largest absolute Gasteiger partial charge is 0.486 e. The molecule has 1 aliphatic heterocycles. The lowest BCUT2D eigenvalue weighted by molar-refractivity contribution is -0.148. The van der Waals surface area contributed by atoms with Crippen LogP contribution in [0.4, 0.5) is 0 Å². The van der Waals surface area contributed by atoms with Crippen LogP contribution in [0.25, 0.3) is 0 Å². The molecule has 1 aromatic rings. The Morgan fingerprint density at radius 2 is 1.87 bits per heavy atom. The van der Waals surface area contributed by atoms with Crippen molar-refractivity contribution in [3.05, 3.63) is 18.2 Å². The fraction of sp³-hybridized carbons (Fsp3) is 0.600. The lowest BCUT2D eigenvalue weighted by Gasteiger charge is -2.18. The second kappa shape index (κ2) is 11.8. The molecule has 0 spiro atoms. The van der Waals surface area contributed by atoms with Crippen molar-refractivity contribution >= 4 is 21.9 Å². The summed E-state index contributed by atoms with van der Waals surface area (Å²) in [6.45, 7) is 4.63. The zero-order valence-electron chi connectivity index (χ0n) is 17.4. The predicted molar refractivity (Wildman–Crippen MR) is 110 cm³/mol. The maximum atomic E-state index is 12.4. The van der Waals surface area contributed by atoms with Crippen molar-refractivity contribution in [2.45, 2.75) is 56.9 Å². The monoisotopic (exact) mass is 442 g/mol. The van der Waals surface area contributed by atoms with Crippen molar-refractivity contribution in [3.63, 3.8) is 0 Å². The van der Waals surface area contributed by atoms with Gasteiger partial charge in [0.25, 0.3) is 5.91 Å². The van der Waals surface area contributed by atoms with Crippen LogP contribution >= 0.6 is 0 Å². The first-order chi connectivity index (χ1) is 14.3. The van der Waals surface area contributed by atoms with E-state index in [4.69, 9.17) is 14.2 Å². The van der Waals surface area contributed by atoms with Gasteiger partial charge in [-0.15, -0.1) is 0 Å². The van der Waals surface area contributed by atoms with Crippen LogP contribution in [0, 0.1) is 0 Å². The standard InChI is InChI=1S/C20H30N2O7S/c1-3-15(2)22-19(23)14-29-20(24)7-5-4-6-10-21-30(25,26)16-8-9-17-18(13-16)28-12-11-27-17/h8-9,13,15,21H,3-7,10-12,14H2,1-2H3,(H,22,23)/t15-/m0/s1. The van der Waals surface area contributed by atoms with Gasteiger partial charge in [-0.25, -0.2) is 13.1 Å². The molecule has 1 atom stereocenters. The summed E-state index contributed by atoms with van der Waals surface area (Å²) in [5, 5.41) is 2.72. The molecular formula is C20H30N2O7S. The molecule has 168 valence electrons. The highest BCUT2D eigenvalue weighted by molar-refractivity contribution is 7.89. The highest BCUT2D eigenvalue weighted by Crippen LogP contribution is 2.32. The van der Waals surface area contributed by atoms with E-state index in [0.717, 1.165) is 6.42 Å². The average molecular weight is 443 g/mol. The molecule has 0 bridgehead atoms. The molecule has 1 aliphatic rings. The maximum absolute atomic E-state index is 12.4. The first kappa shape index (κ1) is 23.9. The number of esters is 1. The number of hydrogen-bond donors (Lipinski definition) is 2. The van der Waals surface area contributed by atoms with Gasteiger partial charge in [0.2, 0.25) is 10.0 Å². The number of sulfonamides is 1. The van der Waals surface area contributed by atoms with Crippen LogP contribution in [0.3, 0.4) is 0 Å². The van der Waals surface area contributed by atoms with Crippen LogP contribution in [0.2, 0.25) is 0 Å². The number of ether oxygens (including phenoxy) is 3. The predicted octanol–water partition coefficient (Wildman–Crippen LogP) is 1.75. The molecule has 2 rings (SSSR count). The fourth-order valence-corrected chi connectivity index (χ4v) is 3.78. The summed E-state index contributed by atoms with van der Waals surface area (Å²) < 4.78 is 43.0. The van der Waals surface area contributed by atoms with E-state index in [-0.39, 0.29) is 36.4 Å². The molecule has 2 N–H and O–H groups in total. The number of unbranched alkanes of at least 4 members (excludes halogenated alkanes) is 2. The van der Waals surface area contributed by atoms with Crippen LogP contribution in [-0.2, 0) is 24.3 Å². The van der Waals surface area contributed by atoms with Crippen molar-refractivity contribution in [1.29, 1.82) is 0 Å². The lowest BCUT2D eigenvalue weighted by atomic mass is 10.2. The Kier molecular flexibility index (Phi) is 9.38. The number of carbonyl (C=O) groups excluding carboxylic acids is 2. The van der Waals surface area contributed by atoms with Gasteiger partial charge in [-0.2, -0.15) is 0 Å². The molecule has 1 aromatic carbocycles. The number of amides is 1. The summed E-state index contributed by atoms with van der Waals surface area (Å²) in [5.41, 5.74) is 0. The highest BCUT2D eigenvalue weighted by Gasteiger charge is 2.19. The second-order valence-corrected chi connectivity index (χ2v) is 8.82. The van der Waals surface area contributed by atoms with Crippen molar-refractivity contribution in [3.8, 4) is 11.5 Å². The number of carbonyl (C=O) groups is 2. The van der Waals surface area contributed by atoms with E-state index in [9.17, 15) is 18.0 Å². The first-order valence-corrected chi connectivity index (χ1v) is 11.6. The third-order valence-corrected chi connectivity index (χ3v) is 6.02. The highest BCUT2D eigenvalue weighted by atomic mass is 32.2. The van der Waals surface area contributed by atoms with Gasteiger partial charge in [0.05, 0.1) is 4.90 Å². The normalized spacial score (nSPS) is 14.1. The van der Waals surface area contributed by atoms with Crippen molar-refractivity contribution in [1.82, 2.24) is 10.0 Å². The van der Waals surface area contributed by atoms with Crippen LogP contribution in [-0.4, -0.2) is 52.7 Å². The summed E-state index contributed by atoms with van der Waals surface area (Å²) in [6, 6.07) is 4.55. The van der Waals surface area contributed by atoms with E-state index < -0.39 is 16.0 Å². The molecule has 0 unspecified atom stereocenters. The van der Waals surface area contributed by atoms with Gasteiger partial charge in [-0.3, -0.25) is 9.59 Å². The number of nitrogens with one attached hydrogen (secondary N) is 2. The van der Waals surface area contributed by atoms with Crippen molar-refractivity contribution < 1.29 is 32.2 Å². The smallest absolute Gasteiger partial charge is 0.306 e. The quantitative estimate of drug-likeness (QED) is 0.374. The van der Waals surface area contributed by atoms with E-state index in [0.29, 0.717) is 44.0 Å². The maximum Gasteiger partial charge on any atom is 0.306 e. The zero-order chi connectivity index (χ0) is 22.0. The molecule has 1 amide bonds. The summed E-state index contributed by atoms with van der Waals surface area (Å²) in [4.78, 5) is 23.3. The third kappa shape index (κ3) is 7.83. The molecule has 0 aromatic heterocycles. The molecule has 0 fully saturated rings. The van der Waals surface area contributed by atoms with Gasteiger partial charge in [0.15, 0.2) is 18.1 Å². The molecule has 0 saturated carbocycles. The molecular weight excluding hydrogens is 412 g/mol. The van der Waals surface area contributed by atoms with Gasteiger partial charge < -0.3 is 19.5 Å². The molecule has 10 heteroatoms. The Bertz CT molecular complexity index is 826. The molecule has 30 heavy (non-hydrogen) atoms. The van der Waals surface area contributed by atoms with Crippen LogP contribution in [0.5, 0.6) is 11.5 Å². The molecule has 9 nitrogen and oxygen atoms in total. The van der Waals surface area contributed by atoms with Crippen LogP contribution < -0.4 is 19.5 Å². The van der Waals surface area contributed by atoms with Crippen molar-refractivity contribution in [2.24, 2.45) is 0 Å². The number of fused-ring (bicyclic) bond motifs is 1. The Morgan fingerprint density at radius 3 is 2.60 bits per heavy atom. The van der Waals surface area contributed by atoms with E-state index in [1.165, 1.54) is 12.1 Å². The third-order valence-electron chi connectivity index (χ3n) is 4.56. The Labute approximate surface area is 177 Å². The van der Waals surface area contributed by atoms with E-state index >= 15 is 0 Å². The minimum Gasteiger partial charge on any atom is -0.486 e. The second-order valence-electron chi connectivity index (χ2n) is 7.05. The Hall–Kier alpha value is -2.33. The number of benzene rings is 1. The van der Waals surface area contributed by atoms with Gasteiger partial charge in [-0.1, -0.05) is 13.3 Å². The molecule has 0 aliphatic carbocycles. The fourth-order valence-electron chi connectivity index (χ4n) is 2.69. The van der Waals surface area contributed by atoms with Crippen molar-refractivity contribution in [2.75, 3.05) is 26.4 Å². The van der Waals surface area contributed by atoms with E-state index in [1.807, 2.05) is 13.8 Å². The average Bonchev–Trinajstić information content (AvgIpc) is 2.74. The summed E-state index contributed by atoms with van der Waals surface area (Å²) in [7, 11) is -3.65. The van der Waals surface area contributed by atoms with Gasteiger partial charge in [0.1, 0.15) is 13.2 Å². The minimum absolute atomic E-state index is 0.0437. The van der Waals surface area contributed by atoms with Crippen LogP contribution in [0.1, 0.15) is 46.0 Å². The lowest BCUT2D eigenvalue weighted by Crippen LogP contribution is -2.35. The summed E-state index contributed by atoms with van der Waals surface area (Å²) in [6.07, 6.45) is 2.77. The first-order valence-electron chi connectivity index (χ1n) is 10.2. The Morgan fingerprint density at radius 1 is 1.13 bits per heavy atom. The Balaban J connectivity index is 1.62. The molecule has 0 saturated heterocycles. The SMILES string of the molecule is CC[C@H](C)NC(=O)COC(=O)CCCCCNS(=O)(=O)c1ccc2c(c1)OCCO2. The van der Waals surface area contributed by atoms with Gasteiger partial charge in [0, 0.05) is 25.1 Å². The minimum atomic E-state index is -3.65. The molecule has 0 radical (unpaired) electrons. The number of hydrogen-bond acceptors (Lipinski definition) is 7. The summed E-state index contributed by atoms with van der Waals surface area (Å²) >= 11 is 0. The van der Waals surface area contributed by atoms with Crippen LogP contribution in [0.15, 0.2) is 23.1 Å². The van der Waals surface area contributed by atoms with E-state index in [1.54, 1.807) is 6.07 Å². The van der Waals surface area contributed by atoms with Gasteiger partial charge >= 0.3 is 5.97 Å². The molecule has 1 heterocycles.